The highest BCUT2D eigenvalue weighted by molar-refractivity contribution is 5.98. The van der Waals surface area contributed by atoms with Gasteiger partial charge >= 0.3 is 0 Å². The smallest absolute Gasteiger partial charge is 0.257 e. The van der Waals surface area contributed by atoms with Crippen LogP contribution in [0.4, 0.5) is 14.5 Å². The molecule has 31 heavy (non-hydrogen) atoms. The number of anilines is 1. The van der Waals surface area contributed by atoms with Gasteiger partial charge in [0.25, 0.3) is 5.91 Å². The number of carbonyl (C=O) groups is 2. The number of hydrogen-bond acceptors (Lipinski definition) is 4. The molecule has 0 aromatic heterocycles. The third-order valence-electron chi connectivity index (χ3n) is 5.44. The van der Waals surface area contributed by atoms with Gasteiger partial charge in [0.1, 0.15) is 29.0 Å². The Morgan fingerprint density at radius 3 is 2.06 bits per heavy atom. The predicted molar refractivity (Wildman–Crippen MR) is 114 cm³/mol. The molecule has 0 radical (unpaired) electrons. The van der Waals surface area contributed by atoms with E-state index >= 15 is 0 Å². The van der Waals surface area contributed by atoms with Gasteiger partial charge in [-0.2, -0.15) is 0 Å². The van der Waals surface area contributed by atoms with Crippen LogP contribution in [-0.4, -0.2) is 56.0 Å². The molecule has 0 spiro atoms. The third kappa shape index (κ3) is 5.13. The van der Waals surface area contributed by atoms with Gasteiger partial charge in [0.2, 0.25) is 5.91 Å². The molecule has 1 aliphatic rings. The molecular weight excluding hydrogens is 404 g/mol. The van der Waals surface area contributed by atoms with Crippen LogP contribution in [0.5, 0.6) is 5.75 Å². The Morgan fingerprint density at radius 2 is 1.55 bits per heavy atom. The van der Waals surface area contributed by atoms with Crippen molar-refractivity contribution in [3.8, 4) is 5.75 Å². The van der Waals surface area contributed by atoms with Gasteiger partial charge in [0.15, 0.2) is 0 Å². The zero-order chi connectivity index (χ0) is 22.5. The molecule has 0 unspecified atom stereocenters. The Hall–Kier alpha value is -3.16. The molecule has 0 bridgehead atoms. The second kappa shape index (κ2) is 9.76. The van der Waals surface area contributed by atoms with Crippen molar-refractivity contribution in [2.24, 2.45) is 5.92 Å². The average molecular weight is 431 g/mol. The summed E-state index contributed by atoms with van der Waals surface area (Å²) >= 11 is 0. The summed E-state index contributed by atoms with van der Waals surface area (Å²) in [6.45, 7) is 5.82. The van der Waals surface area contributed by atoms with Crippen LogP contribution in [0.2, 0.25) is 0 Å². The lowest BCUT2D eigenvalue weighted by atomic mass is 10.0. The Labute approximate surface area is 180 Å². The van der Waals surface area contributed by atoms with Crippen molar-refractivity contribution in [3.05, 3.63) is 59.7 Å². The number of piperazine rings is 1. The summed E-state index contributed by atoms with van der Waals surface area (Å²) < 4.78 is 33.1. The zero-order valence-electron chi connectivity index (χ0n) is 17.9. The molecule has 2 aromatic rings. The molecule has 0 aliphatic carbocycles. The predicted octanol–water partition coefficient (Wildman–Crippen LogP) is 3.08. The van der Waals surface area contributed by atoms with Crippen LogP contribution in [0.1, 0.15) is 24.2 Å². The largest absolute Gasteiger partial charge is 0.497 e. The van der Waals surface area contributed by atoms with E-state index in [-0.39, 0.29) is 11.8 Å². The Bertz CT molecular complexity index is 906. The van der Waals surface area contributed by atoms with Crippen molar-refractivity contribution < 1.29 is 23.1 Å². The third-order valence-corrected chi connectivity index (χ3v) is 5.44. The number of hydrogen-bond donors (Lipinski definition) is 1. The summed E-state index contributed by atoms with van der Waals surface area (Å²) in [6.07, 6.45) is 0. The molecule has 3 rings (SSSR count). The Kier molecular flexibility index (Phi) is 7.09. The van der Waals surface area contributed by atoms with Crippen LogP contribution in [0.25, 0.3) is 0 Å². The first kappa shape index (κ1) is 22.5. The number of nitrogens with one attached hydrogen (secondary N) is 1. The summed E-state index contributed by atoms with van der Waals surface area (Å²) in [5, 5.41) is 2.53. The maximum absolute atomic E-state index is 14.0. The summed E-state index contributed by atoms with van der Waals surface area (Å²) in [4.78, 5) is 29.4. The van der Waals surface area contributed by atoms with E-state index in [1.807, 2.05) is 24.3 Å². The van der Waals surface area contributed by atoms with Crippen LogP contribution in [0.15, 0.2) is 42.5 Å². The molecule has 1 heterocycles. The minimum atomic E-state index is -0.958. The molecule has 1 N–H and O–H groups in total. The number of methoxy groups -OCH3 is 1. The molecule has 6 nitrogen and oxygen atoms in total. The number of nitrogens with zero attached hydrogens (tertiary/aromatic N) is 2. The summed E-state index contributed by atoms with van der Waals surface area (Å²) in [5.41, 5.74) is 0.363. The molecule has 1 fully saturated rings. The van der Waals surface area contributed by atoms with E-state index in [1.54, 1.807) is 25.9 Å². The van der Waals surface area contributed by atoms with Crippen molar-refractivity contribution in [1.82, 2.24) is 10.2 Å². The van der Waals surface area contributed by atoms with Crippen LogP contribution < -0.4 is 15.0 Å². The Balaban J connectivity index is 1.65. The van der Waals surface area contributed by atoms with Crippen LogP contribution in [-0.2, 0) is 4.79 Å². The zero-order valence-corrected chi connectivity index (χ0v) is 17.9. The first-order valence-corrected chi connectivity index (χ1v) is 10.2. The van der Waals surface area contributed by atoms with Crippen LogP contribution in [0, 0.1) is 17.6 Å². The summed E-state index contributed by atoms with van der Waals surface area (Å²) in [6, 6.07) is 10.1. The van der Waals surface area contributed by atoms with E-state index in [2.05, 4.69) is 10.2 Å². The number of halogens is 2. The lowest BCUT2D eigenvalue weighted by molar-refractivity contribution is -0.134. The number of ether oxygens (including phenoxy) is 1. The maximum atomic E-state index is 14.0. The van der Waals surface area contributed by atoms with Crippen LogP contribution in [0.3, 0.4) is 0 Å². The van der Waals surface area contributed by atoms with Crippen molar-refractivity contribution in [1.29, 1.82) is 0 Å². The van der Waals surface area contributed by atoms with Gasteiger partial charge in [-0.15, -0.1) is 0 Å². The van der Waals surface area contributed by atoms with Crippen molar-refractivity contribution in [3.63, 3.8) is 0 Å². The summed E-state index contributed by atoms with van der Waals surface area (Å²) in [5.74, 6) is -2.57. The van der Waals surface area contributed by atoms with E-state index in [1.165, 1.54) is 6.07 Å². The van der Waals surface area contributed by atoms with E-state index in [4.69, 9.17) is 4.74 Å². The summed E-state index contributed by atoms with van der Waals surface area (Å²) in [7, 11) is 1.61. The fourth-order valence-corrected chi connectivity index (χ4v) is 3.62. The minimum Gasteiger partial charge on any atom is -0.497 e. The highest BCUT2D eigenvalue weighted by atomic mass is 19.1. The fraction of sp³-hybridized carbons (Fsp3) is 0.391. The van der Waals surface area contributed by atoms with Gasteiger partial charge in [0.05, 0.1) is 7.11 Å². The highest BCUT2D eigenvalue weighted by Gasteiger charge is 2.32. The first-order chi connectivity index (χ1) is 14.8. The fourth-order valence-electron chi connectivity index (χ4n) is 3.62. The first-order valence-electron chi connectivity index (χ1n) is 10.2. The normalized spacial score (nSPS) is 15.0. The molecule has 2 aromatic carbocycles. The topological polar surface area (TPSA) is 61.9 Å². The average Bonchev–Trinajstić information content (AvgIpc) is 2.77. The quantitative estimate of drug-likeness (QED) is 0.764. The molecule has 2 amide bonds. The van der Waals surface area contributed by atoms with Crippen molar-refractivity contribution in [2.75, 3.05) is 38.2 Å². The number of benzene rings is 2. The monoisotopic (exact) mass is 431 g/mol. The van der Waals surface area contributed by atoms with Crippen LogP contribution >= 0.6 is 0 Å². The Morgan fingerprint density at radius 1 is 0.968 bits per heavy atom. The molecule has 8 heteroatoms. The van der Waals surface area contributed by atoms with Gasteiger partial charge in [-0.3, -0.25) is 9.59 Å². The highest BCUT2D eigenvalue weighted by Crippen LogP contribution is 2.21. The van der Waals surface area contributed by atoms with Crippen molar-refractivity contribution in [2.45, 2.75) is 19.9 Å². The second-order valence-electron chi connectivity index (χ2n) is 7.80. The molecule has 1 atom stereocenters. The molecule has 1 saturated heterocycles. The number of carbonyl (C=O) groups excluding carboxylic acids is 2. The van der Waals surface area contributed by atoms with E-state index in [0.717, 1.165) is 23.6 Å². The van der Waals surface area contributed by atoms with E-state index < -0.39 is 29.1 Å². The number of amides is 2. The maximum Gasteiger partial charge on any atom is 0.257 e. The SMILES string of the molecule is COc1ccc(N2CCN(C(=O)[C@@H](NC(=O)c3c(F)cccc3F)C(C)C)CC2)cc1. The number of rotatable bonds is 6. The second-order valence-corrected chi connectivity index (χ2v) is 7.80. The van der Waals surface area contributed by atoms with Gasteiger partial charge in [-0.05, 0) is 42.3 Å². The van der Waals surface area contributed by atoms with E-state index in [0.29, 0.717) is 26.2 Å². The molecule has 166 valence electrons. The van der Waals surface area contributed by atoms with Gasteiger partial charge in [-0.1, -0.05) is 19.9 Å². The molecule has 1 aliphatic heterocycles. The van der Waals surface area contributed by atoms with Gasteiger partial charge in [-0.25, -0.2) is 8.78 Å². The van der Waals surface area contributed by atoms with Crippen molar-refractivity contribution >= 4 is 17.5 Å². The standard InChI is InChI=1S/C23H27F2N3O3/c1-15(2)21(26-22(29)20-18(24)5-4-6-19(20)25)23(30)28-13-11-27(12-14-28)16-7-9-17(31-3)10-8-16/h4-10,15,21H,11-14H2,1-3H3,(H,26,29)/t21-/m0/s1. The molecule has 0 saturated carbocycles. The minimum absolute atomic E-state index is 0.245. The van der Waals surface area contributed by atoms with Gasteiger partial charge < -0.3 is 19.9 Å². The van der Waals surface area contributed by atoms with Gasteiger partial charge in [0, 0.05) is 31.9 Å². The lowest BCUT2D eigenvalue weighted by Crippen LogP contribution is -2.56. The molecular formula is C23H27F2N3O3. The van der Waals surface area contributed by atoms with E-state index in [9.17, 15) is 18.4 Å². The lowest BCUT2D eigenvalue weighted by Gasteiger charge is -2.38.